The number of nitrogens with zero attached hydrogens (tertiary/aromatic N) is 1. The summed E-state index contributed by atoms with van der Waals surface area (Å²) < 4.78 is 0.921. The van der Waals surface area contributed by atoms with Crippen LogP contribution < -0.4 is 10.6 Å². The van der Waals surface area contributed by atoms with E-state index < -0.39 is 0 Å². The van der Waals surface area contributed by atoms with E-state index in [9.17, 15) is 4.79 Å². The lowest BCUT2D eigenvalue weighted by Gasteiger charge is -2.04. The third-order valence-electron chi connectivity index (χ3n) is 2.67. The average Bonchev–Trinajstić information content (AvgIpc) is 2.82. The van der Waals surface area contributed by atoms with Crippen LogP contribution in [-0.2, 0) is 0 Å². The predicted molar refractivity (Wildman–Crippen MR) is 88.7 cm³/mol. The van der Waals surface area contributed by atoms with Gasteiger partial charge in [0.25, 0.3) is 0 Å². The molecule has 2 N–H and O–H groups in total. The molecule has 0 atom stereocenters. The van der Waals surface area contributed by atoms with E-state index in [0.717, 1.165) is 10.2 Å². The fraction of sp³-hybridized carbons (Fsp3) is 0. The SMILES string of the molecule is O=C(Nc1ccc(Cl)cc1)Nc1nc2ccc(Cl)cc2s1. The van der Waals surface area contributed by atoms with Crippen molar-refractivity contribution >= 4 is 61.6 Å². The molecular formula is C14H9Cl2N3OS. The number of fused-ring (bicyclic) bond motifs is 1. The zero-order valence-corrected chi connectivity index (χ0v) is 12.9. The minimum absolute atomic E-state index is 0.359. The van der Waals surface area contributed by atoms with E-state index in [-0.39, 0.29) is 6.03 Å². The van der Waals surface area contributed by atoms with E-state index in [1.165, 1.54) is 11.3 Å². The van der Waals surface area contributed by atoms with Gasteiger partial charge in [-0.3, -0.25) is 5.32 Å². The Kier molecular flexibility index (Phi) is 3.96. The summed E-state index contributed by atoms with van der Waals surface area (Å²) in [6.45, 7) is 0. The summed E-state index contributed by atoms with van der Waals surface area (Å²) in [5, 5.41) is 7.17. The van der Waals surface area contributed by atoms with E-state index in [1.54, 1.807) is 30.3 Å². The van der Waals surface area contributed by atoms with Crippen LogP contribution in [0.15, 0.2) is 42.5 Å². The lowest BCUT2D eigenvalue weighted by atomic mass is 10.3. The van der Waals surface area contributed by atoms with Crippen LogP contribution >= 0.6 is 34.5 Å². The normalized spacial score (nSPS) is 10.6. The average molecular weight is 338 g/mol. The zero-order valence-electron chi connectivity index (χ0n) is 10.6. The van der Waals surface area contributed by atoms with Gasteiger partial charge in [-0.1, -0.05) is 34.5 Å². The number of thiazole rings is 1. The van der Waals surface area contributed by atoms with Crippen molar-refractivity contribution in [3.05, 3.63) is 52.5 Å². The largest absolute Gasteiger partial charge is 0.325 e. The van der Waals surface area contributed by atoms with Gasteiger partial charge in [0.1, 0.15) is 0 Å². The second-order valence-electron chi connectivity index (χ2n) is 4.22. The van der Waals surface area contributed by atoms with Gasteiger partial charge in [0, 0.05) is 15.7 Å². The van der Waals surface area contributed by atoms with Crippen molar-refractivity contribution in [2.24, 2.45) is 0 Å². The van der Waals surface area contributed by atoms with Crippen LogP contribution in [0, 0.1) is 0 Å². The maximum Gasteiger partial charge on any atom is 0.325 e. The van der Waals surface area contributed by atoms with E-state index in [2.05, 4.69) is 15.6 Å². The molecule has 3 aromatic rings. The minimum atomic E-state index is -0.359. The molecule has 0 aliphatic rings. The molecule has 7 heteroatoms. The highest BCUT2D eigenvalue weighted by atomic mass is 35.5. The molecule has 0 saturated carbocycles. The van der Waals surface area contributed by atoms with Crippen molar-refractivity contribution in [3.8, 4) is 0 Å². The smallest absolute Gasteiger partial charge is 0.308 e. The lowest BCUT2D eigenvalue weighted by molar-refractivity contribution is 0.262. The highest BCUT2D eigenvalue weighted by molar-refractivity contribution is 7.22. The number of hydrogen-bond donors (Lipinski definition) is 2. The number of halogens is 2. The third kappa shape index (κ3) is 3.44. The number of amides is 2. The number of anilines is 2. The van der Waals surface area contributed by atoms with Crippen molar-refractivity contribution in [1.82, 2.24) is 4.98 Å². The van der Waals surface area contributed by atoms with Gasteiger partial charge in [-0.15, -0.1) is 0 Å². The molecule has 1 aromatic heterocycles. The molecule has 0 unspecified atom stereocenters. The molecule has 2 amide bonds. The van der Waals surface area contributed by atoms with Crippen molar-refractivity contribution < 1.29 is 4.79 Å². The zero-order chi connectivity index (χ0) is 14.8. The van der Waals surface area contributed by atoms with Crippen molar-refractivity contribution in [2.45, 2.75) is 0 Å². The van der Waals surface area contributed by atoms with Crippen LogP contribution in [0.4, 0.5) is 15.6 Å². The summed E-state index contributed by atoms with van der Waals surface area (Å²) in [6, 6.07) is 11.9. The van der Waals surface area contributed by atoms with Crippen LogP contribution in [-0.4, -0.2) is 11.0 Å². The number of nitrogens with one attached hydrogen (secondary N) is 2. The van der Waals surface area contributed by atoms with Gasteiger partial charge in [0.05, 0.1) is 10.2 Å². The van der Waals surface area contributed by atoms with E-state index in [4.69, 9.17) is 23.2 Å². The Morgan fingerprint density at radius 2 is 1.71 bits per heavy atom. The number of carbonyl (C=O) groups excluding carboxylic acids is 1. The fourth-order valence-corrected chi connectivity index (χ4v) is 3.01. The Labute approximate surface area is 134 Å². The number of hydrogen-bond acceptors (Lipinski definition) is 3. The maximum absolute atomic E-state index is 11.9. The Balaban J connectivity index is 1.72. The topological polar surface area (TPSA) is 54.0 Å². The van der Waals surface area contributed by atoms with Crippen LogP contribution in [0.1, 0.15) is 0 Å². The van der Waals surface area contributed by atoms with Crippen LogP contribution in [0.2, 0.25) is 10.0 Å². The Bertz CT molecular complexity index is 802. The molecule has 0 aliphatic heterocycles. The van der Waals surface area contributed by atoms with Gasteiger partial charge < -0.3 is 5.32 Å². The molecule has 0 bridgehead atoms. The highest BCUT2D eigenvalue weighted by Gasteiger charge is 2.08. The van der Waals surface area contributed by atoms with Crippen molar-refractivity contribution in [2.75, 3.05) is 10.6 Å². The molecule has 0 aliphatic carbocycles. The molecule has 0 saturated heterocycles. The van der Waals surface area contributed by atoms with Gasteiger partial charge >= 0.3 is 6.03 Å². The molecule has 4 nitrogen and oxygen atoms in total. The predicted octanol–water partition coefficient (Wildman–Crippen LogP) is 5.25. The molecule has 21 heavy (non-hydrogen) atoms. The minimum Gasteiger partial charge on any atom is -0.308 e. The Morgan fingerprint density at radius 1 is 1.00 bits per heavy atom. The first-order chi connectivity index (χ1) is 10.1. The van der Waals surface area contributed by atoms with E-state index in [1.807, 2.05) is 12.1 Å². The molecule has 106 valence electrons. The summed E-state index contributed by atoms with van der Waals surface area (Å²) in [7, 11) is 0. The molecule has 3 rings (SSSR count). The number of urea groups is 1. The molecule has 0 spiro atoms. The van der Waals surface area contributed by atoms with Gasteiger partial charge in [0.2, 0.25) is 0 Å². The Hall–Kier alpha value is -1.82. The highest BCUT2D eigenvalue weighted by Crippen LogP contribution is 2.28. The molecule has 2 aromatic carbocycles. The summed E-state index contributed by atoms with van der Waals surface area (Å²) in [5.74, 6) is 0. The van der Waals surface area contributed by atoms with Crippen LogP contribution in [0.25, 0.3) is 10.2 Å². The van der Waals surface area contributed by atoms with Gasteiger partial charge in [-0.05, 0) is 42.5 Å². The first kappa shape index (κ1) is 14.1. The number of aromatic nitrogens is 1. The number of carbonyl (C=O) groups is 1. The molecular weight excluding hydrogens is 329 g/mol. The third-order valence-corrected chi connectivity index (χ3v) is 4.09. The number of rotatable bonds is 2. The first-order valence-electron chi connectivity index (χ1n) is 6.00. The lowest BCUT2D eigenvalue weighted by Crippen LogP contribution is -2.19. The maximum atomic E-state index is 11.9. The van der Waals surface area contributed by atoms with Gasteiger partial charge in [-0.2, -0.15) is 0 Å². The second kappa shape index (κ2) is 5.89. The molecule has 1 heterocycles. The second-order valence-corrected chi connectivity index (χ2v) is 6.12. The van der Waals surface area contributed by atoms with E-state index in [0.29, 0.717) is 20.9 Å². The molecule has 0 radical (unpaired) electrons. The summed E-state index contributed by atoms with van der Waals surface area (Å²) >= 11 is 13.1. The Morgan fingerprint density at radius 3 is 2.48 bits per heavy atom. The number of benzene rings is 2. The van der Waals surface area contributed by atoms with Crippen LogP contribution in [0.5, 0.6) is 0 Å². The first-order valence-corrected chi connectivity index (χ1v) is 7.57. The van der Waals surface area contributed by atoms with Crippen molar-refractivity contribution in [3.63, 3.8) is 0 Å². The van der Waals surface area contributed by atoms with E-state index >= 15 is 0 Å². The van der Waals surface area contributed by atoms with Crippen LogP contribution in [0.3, 0.4) is 0 Å². The summed E-state index contributed by atoms with van der Waals surface area (Å²) in [4.78, 5) is 16.2. The summed E-state index contributed by atoms with van der Waals surface area (Å²) in [5.41, 5.74) is 1.45. The monoisotopic (exact) mass is 337 g/mol. The van der Waals surface area contributed by atoms with Gasteiger partial charge in [0.15, 0.2) is 5.13 Å². The van der Waals surface area contributed by atoms with Gasteiger partial charge in [-0.25, -0.2) is 9.78 Å². The fourth-order valence-electron chi connectivity index (χ4n) is 1.74. The molecule has 0 fully saturated rings. The summed E-state index contributed by atoms with van der Waals surface area (Å²) in [6.07, 6.45) is 0. The quantitative estimate of drug-likeness (QED) is 0.671. The standard InChI is InChI=1S/C14H9Cl2N3OS/c15-8-1-4-10(5-2-8)17-13(20)19-14-18-11-6-3-9(16)7-12(11)21-14/h1-7H,(H2,17,18,19,20). The van der Waals surface area contributed by atoms with Crippen molar-refractivity contribution in [1.29, 1.82) is 0 Å².